The molecule has 2 heterocycles. The molecule has 0 saturated carbocycles. The van der Waals surface area contributed by atoms with Crippen molar-refractivity contribution in [3.8, 4) is 0 Å². The summed E-state index contributed by atoms with van der Waals surface area (Å²) < 4.78 is 4.89. The zero-order valence-corrected chi connectivity index (χ0v) is 14.9. The van der Waals surface area contributed by atoms with E-state index in [0.717, 1.165) is 0 Å². The van der Waals surface area contributed by atoms with E-state index in [2.05, 4.69) is 20.8 Å². The lowest BCUT2D eigenvalue weighted by Gasteiger charge is -2.09. The smallest absolute Gasteiger partial charge is 0.274 e. The Bertz CT molecular complexity index is 967. The average Bonchev–Trinajstić information content (AvgIpc) is 3.03. The van der Waals surface area contributed by atoms with Crippen LogP contribution >= 0.6 is 23.2 Å². The van der Waals surface area contributed by atoms with Crippen LogP contribution < -0.4 is 10.6 Å². The molecule has 0 aliphatic carbocycles. The van der Waals surface area contributed by atoms with Crippen LogP contribution in [0.3, 0.4) is 0 Å². The molecule has 3 aromatic rings. The number of aryl methyl sites for hydroxylation is 1. The molecule has 0 aliphatic heterocycles. The number of benzene rings is 1. The van der Waals surface area contributed by atoms with Gasteiger partial charge in [0, 0.05) is 17.8 Å². The van der Waals surface area contributed by atoms with Crippen LogP contribution in [0.4, 0.5) is 11.5 Å². The van der Waals surface area contributed by atoms with Crippen LogP contribution in [0.15, 0.2) is 47.1 Å². The number of nitrogens with zero attached hydrogens (tertiary/aromatic N) is 2. The number of nitrogens with one attached hydrogen (secondary N) is 2. The fourth-order valence-electron chi connectivity index (χ4n) is 2.10. The standard InChI is InChI=1S/C17H12Cl2N4O3/c1-9-7-14(23-26-9)21-16(24)10-5-6-20-13(8-10)17(25)22-15-11(18)3-2-4-12(15)19/h2-8H,1H3,(H,22,25)(H,21,23,24). The topological polar surface area (TPSA) is 97.1 Å². The number of hydrogen-bond acceptors (Lipinski definition) is 5. The van der Waals surface area contributed by atoms with E-state index < -0.39 is 11.8 Å². The van der Waals surface area contributed by atoms with Gasteiger partial charge < -0.3 is 15.2 Å². The Morgan fingerprint density at radius 3 is 2.42 bits per heavy atom. The van der Waals surface area contributed by atoms with Gasteiger partial charge in [0.15, 0.2) is 5.82 Å². The van der Waals surface area contributed by atoms with Gasteiger partial charge in [-0.3, -0.25) is 14.6 Å². The van der Waals surface area contributed by atoms with Crippen molar-refractivity contribution in [1.29, 1.82) is 0 Å². The molecule has 0 bridgehead atoms. The molecule has 26 heavy (non-hydrogen) atoms. The normalized spacial score (nSPS) is 10.4. The molecule has 3 rings (SSSR count). The third-order valence-electron chi connectivity index (χ3n) is 3.33. The van der Waals surface area contributed by atoms with Crippen molar-refractivity contribution < 1.29 is 14.1 Å². The molecular weight excluding hydrogens is 379 g/mol. The molecule has 1 aromatic carbocycles. The Balaban J connectivity index is 1.78. The predicted octanol–water partition coefficient (Wildman–Crippen LogP) is 4.19. The van der Waals surface area contributed by atoms with E-state index in [1.54, 1.807) is 31.2 Å². The molecule has 7 nitrogen and oxygen atoms in total. The Kier molecular flexibility index (Phi) is 5.20. The average molecular weight is 391 g/mol. The van der Waals surface area contributed by atoms with Crippen LogP contribution in [0, 0.1) is 6.92 Å². The summed E-state index contributed by atoms with van der Waals surface area (Å²) in [6.07, 6.45) is 1.35. The predicted molar refractivity (Wildman–Crippen MR) is 97.8 cm³/mol. The first-order chi connectivity index (χ1) is 12.4. The molecule has 2 N–H and O–H groups in total. The van der Waals surface area contributed by atoms with Crippen molar-refractivity contribution in [2.24, 2.45) is 0 Å². The van der Waals surface area contributed by atoms with Gasteiger partial charge in [0.05, 0.1) is 15.7 Å². The van der Waals surface area contributed by atoms with Gasteiger partial charge in [0.2, 0.25) is 0 Å². The van der Waals surface area contributed by atoms with Crippen LogP contribution in [0.5, 0.6) is 0 Å². The van der Waals surface area contributed by atoms with Crippen molar-refractivity contribution in [3.05, 3.63) is 69.7 Å². The Hall–Kier alpha value is -2.90. The van der Waals surface area contributed by atoms with E-state index >= 15 is 0 Å². The van der Waals surface area contributed by atoms with E-state index in [1.807, 2.05) is 0 Å². The van der Waals surface area contributed by atoms with E-state index in [4.69, 9.17) is 27.7 Å². The molecule has 0 spiro atoms. The fourth-order valence-corrected chi connectivity index (χ4v) is 2.60. The fraction of sp³-hybridized carbons (Fsp3) is 0.0588. The lowest BCUT2D eigenvalue weighted by atomic mass is 10.2. The van der Waals surface area contributed by atoms with E-state index in [0.29, 0.717) is 15.8 Å². The number of rotatable bonds is 4. The van der Waals surface area contributed by atoms with Gasteiger partial charge in [0.25, 0.3) is 11.8 Å². The number of hydrogen-bond donors (Lipinski definition) is 2. The van der Waals surface area contributed by atoms with Crippen LogP contribution in [0.25, 0.3) is 0 Å². The van der Waals surface area contributed by atoms with Crippen LogP contribution in [0.2, 0.25) is 10.0 Å². The van der Waals surface area contributed by atoms with Gasteiger partial charge in [-0.25, -0.2) is 0 Å². The van der Waals surface area contributed by atoms with Gasteiger partial charge in [-0.15, -0.1) is 0 Å². The minimum atomic E-state index is -0.549. The van der Waals surface area contributed by atoms with E-state index in [9.17, 15) is 9.59 Å². The Morgan fingerprint density at radius 2 is 1.77 bits per heavy atom. The maximum atomic E-state index is 12.4. The lowest BCUT2D eigenvalue weighted by molar-refractivity contribution is 0.102. The number of carbonyl (C=O) groups is 2. The first-order valence-corrected chi connectivity index (χ1v) is 8.15. The summed E-state index contributed by atoms with van der Waals surface area (Å²) in [6.45, 7) is 1.71. The molecule has 2 aromatic heterocycles. The van der Waals surface area contributed by atoms with Crippen molar-refractivity contribution in [2.45, 2.75) is 6.92 Å². The second kappa shape index (κ2) is 7.55. The largest absolute Gasteiger partial charge is 0.360 e. The minimum absolute atomic E-state index is 0.0324. The summed E-state index contributed by atoms with van der Waals surface area (Å²) in [6, 6.07) is 9.26. The SMILES string of the molecule is Cc1cc(NC(=O)c2ccnc(C(=O)Nc3c(Cl)cccc3Cl)c2)no1. The second-order valence-electron chi connectivity index (χ2n) is 5.26. The third kappa shape index (κ3) is 4.01. The summed E-state index contributed by atoms with van der Waals surface area (Å²) in [5.41, 5.74) is 0.539. The number of aromatic nitrogens is 2. The van der Waals surface area contributed by atoms with E-state index in [1.165, 1.54) is 18.3 Å². The van der Waals surface area contributed by atoms with Crippen LogP contribution in [-0.4, -0.2) is 22.0 Å². The van der Waals surface area contributed by atoms with Crippen molar-refractivity contribution in [3.63, 3.8) is 0 Å². The van der Waals surface area contributed by atoms with Gasteiger partial charge in [0.1, 0.15) is 11.5 Å². The lowest BCUT2D eigenvalue weighted by Crippen LogP contribution is -2.17. The molecular formula is C17H12Cl2N4O3. The number of carbonyl (C=O) groups excluding carboxylic acids is 2. The Labute approximate surface area is 158 Å². The summed E-state index contributed by atoms with van der Waals surface area (Å²) >= 11 is 12.1. The Morgan fingerprint density at radius 1 is 1.04 bits per heavy atom. The summed E-state index contributed by atoms with van der Waals surface area (Å²) in [4.78, 5) is 28.7. The molecule has 2 amide bonds. The molecule has 0 atom stereocenters. The molecule has 0 saturated heterocycles. The maximum absolute atomic E-state index is 12.4. The van der Waals surface area contributed by atoms with Gasteiger partial charge in [-0.2, -0.15) is 0 Å². The molecule has 0 unspecified atom stereocenters. The van der Waals surface area contributed by atoms with Gasteiger partial charge >= 0.3 is 0 Å². The van der Waals surface area contributed by atoms with Crippen molar-refractivity contribution in [2.75, 3.05) is 10.6 Å². The molecule has 132 valence electrons. The van der Waals surface area contributed by atoms with Crippen LogP contribution in [0.1, 0.15) is 26.6 Å². The number of pyridine rings is 1. The summed E-state index contributed by atoms with van der Waals surface area (Å²) in [7, 11) is 0. The number of amides is 2. The summed E-state index contributed by atoms with van der Waals surface area (Å²) in [5, 5.41) is 9.43. The van der Waals surface area contributed by atoms with Gasteiger partial charge in [-0.05, 0) is 31.2 Å². The highest BCUT2D eigenvalue weighted by Gasteiger charge is 2.15. The first-order valence-electron chi connectivity index (χ1n) is 7.40. The number of anilines is 2. The van der Waals surface area contributed by atoms with Gasteiger partial charge in [-0.1, -0.05) is 34.4 Å². The quantitative estimate of drug-likeness (QED) is 0.695. The van der Waals surface area contributed by atoms with Crippen molar-refractivity contribution in [1.82, 2.24) is 10.1 Å². The first kappa shape index (κ1) is 17.9. The van der Waals surface area contributed by atoms with Crippen molar-refractivity contribution >= 4 is 46.5 Å². The third-order valence-corrected chi connectivity index (χ3v) is 3.96. The summed E-state index contributed by atoms with van der Waals surface area (Å²) in [5.74, 6) is -0.165. The second-order valence-corrected chi connectivity index (χ2v) is 6.07. The molecule has 0 aliphatic rings. The molecule has 0 fully saturated rings. The zero-order valence-electron chi connectivity index (χ0n) is 13.4. The zero-order chi connectivity index (χ0) is 18.7. The monoisotopic (exact) mass is 390 g/mol. The molecule has 0 radical (unpaired) electrons. The van der Waals surface area contributed by atoms with E-state index in [-0.39, 0.29) is 22.8 Å². The van der Waals surface area contributed by atoms with Crippen LogP contribution in [-0.2, 0) is 0 Å². The highest BCUT2D eigenvalue weighted by molar-refractivity contribution is 6.40. The highest BCUT2D eigenvalue weighted by Crippen LogP contribution is 2.30. The number of halogens is 2. The molecule has 9 heteroatoms. The number of para-hydroxylation sites is 1. The highest BCUT2D eigenvalue weighted by atomic mass is 35.5. The minimum Gasteiger partial charge on any atom is -0.360 e. The maximum Gasteiger partial charge on any atom is 0.274 e.